The zero-order valence-corrected chi connectivity index (χ0v) is 25.6. The van der Waals surface area contributed by atoms with Gasteiger partial charge in [0.25, 0.3) is 20.2 Å². The van der Waals surface area contributed by atoms with Crippen LogP contribution in [0, 0.1) is 13.8 Å². The highest BCUT2D eigenvalue weighted by molar-refractivity contribution is 7.87. The lowest BCUT2D eigenvalue weighted by Gasteiger charge is -2.23. The van der Waals surface area contributed by atoms with Crippen molar-refractivity contribution in [2.75, 3.05) is 36.9 Å². The van der Waals surface area contributed by atoms with Gasteiger partial charge in [0.15, 0.2) is 11.6 Å². The van der Waals surface area contributed by atoms with Crippen LogP contribution in [0.5, 0.6) is 0 Å². The summed E-state index contributed by atoms with van der Waals surface area (Å²) >= 11 is 0. The third kappa shape index (κ3) is 6.58. The van der Waals surface area contributed by atoms with Crippen molar-refractivity contribution in [1.29, 1.82) is 0 Å². The molecule has 0 amide bonds. The van der Waals surface area contributed by atoms with E-state index in [1.54, 1.807) is 60.7 Å². The van der Waals surface area contributed by atoms with Crippen LogP contribution in [-0.2, 0) is 28.6 Å². The summed E-state index contributed by atoms with van der Waals surface area (Å²) in [7, 11) is -7.94. The summed E-state index contributed by atoms with van der Waals surface area (Å²) < 4.78 is 60.3. The fourth-order valence-corrected chi connectivity index (χ4v) is 6.57. The van der Waals surface area contributed by atoms with Gasteiger partial charge in [0.1, 0.15) is 0 Å². The molecule has 12 heteroatoms. The predicted octanol–water partition coefficient (Wildman–Crippen LogP) is 4.71. The Kier molecular flexibility index (Phi) is 8.97. The van der Waals surface area contributed by atoms with E-state index in [-0.39, 0.29) is 64.1 Å². The molecular formula is C32H30N2O8S2. The van der Waals surface area contributed by atoms with Gasteiger partial charge in [0, 0.05) is 35.6 Å². The molecule has 0 fully saturated rings. The minimum atomic E-state index is -3.97. The molecule has 0 heterocycles. The summed E-state index contributed by atoms with van der Waals surface area (Å²) in [6.07, 6.45) is 0. The quantitative estimate of drug-likeness (QED) is 0.146. The molecule has 4 aromatic rings. The number of fused-ring (bicyclic) bond motifs is 2. The average molecular weight is 635 g/mol. The largest absolute Gasteiger partial charge is 0.382 e. The molecule has 0 atom stereocenters. The lowest BCUT2D eigenvalue weighted by Crippen LogP contribution is -2.25. The van der Waals surface area contributed by atoms with Gasteiger partial charge in [-0.15, -0.1) is 0 Å². The number of aryl methyl sites for hydroxylation is 2. The molecule has 0 aliphatic heterocycles. The van der Waals surface area contributed by atoms with Crippen molar-refractivity contribution in [2.24, 2.45) is 0 Å². The van der Waals surface area contributed by atoms with Crippen LogP contribution in [-0.4, -0.2) is 54.7 Å². The molecule has 2 N–H and O–H groups in total. The van der Waals surface area contributed by atoms with E-state index >= 15 is 0 Å². The second kappa shape index (κ2) is 12.7. The molecule has 1 aliphatic rings. The molecule has 0 unspecified atom stereocenters. The number of rotatable bonds is 12. The van der Waals surface area contributed by atoms with Crippen LogP contribution in [0.1, 0.15) is 43.0 Å². The van der Waals surface area contributed by atoms with Crippen LogP contribution in [0.15, 0.2) is 94.7 Å². The number of benzene rings is 4. The molecule has 5 rings (SSSR count). The number of hydrogen-bond donors (Lipinski definition) is 2. The summed E-state index contributed by atoms with van der Waals surface area (Å²) in [5.41, 5.74) is 3.26. The maximum atomic E-state index is 13.8. The van der Waals surface area contributed by atoms with Gasteiger partial charge < -0.3 is 10.6 Å². The summed E-state index contributed by atoms with van der Waals surface area (Å²) in [5, 5.41) is 6.05. The topological polar surface area (TPSA) is 145 Å². The normalized spacial score (nSPS) is 12.9. The molecule has 0 radical (unpaired) electrons. The van der Waals surface area contributed by atoms with E-state index in [1.165, 1.54) is 24.3 Å². The molecule has 0 bridgehead atoms. The first kappa shape index (κ1) is 31.1. The van der Waals surface area contributed by atoms with Gasteiger partial charge in [-0.3, -0.25) is 18.0 Å². The van der Waals surface area contributed by atoms with Crippen molar-refractivity contribution in [3.63, 3.8) is 0 Å². The molecule has 228 valence electrons. The number of carbonyl (C=O) groups is 2. The van der Waals surface area contributed by atoms with Gasteiger partial charge in [-0.2, -0.15) is 16.8 Å². The Bertz CT molecular complexity index is 1800. The molecule has 4 aromatic carbocycles. The zero-order chi connectivity index (χ0) is 31.5. The van der Waals surface area contributed by atoms with Gasteiger partial charge in [-0.1, -0.05) is 59.7 Å². The van der Waals surface area contributed by atoms with Crippen LogP contribution in [0.2, 0.25) is 0 Å². The van der Waals surface area contributed by atoms with Crippen LogP contribution in [0.3, 0.4) is 0 Å². The van der Waals surface area contributed by atoms with Crippen molar-refractivity contribution in [3.8, 4) is 0 Å². The predicted molar refractivity (Wildman–Crippen MR) is 165 cm³/mol. The van der Waals surface area contributed by atoms with E-state index in [0.29, 0.717) is 11.4 Å². The van der Waals surface area contributed by atoms with Crippen LogP contribution in [0.25, 0.3) is 0 Å². The van der Waals surface area contributed by atoms with Gasteiger partial charge in [0.2, 0.25) is 0 Å². The van der Waals surface area contributed by atoms with Gasteiger partial charge in [-0.05, 0) is 50.2 Å². The lowest BCUT2D eigenvalue weighted by atomic mass is 9.82. The molecule has 1 aliphatic carbocycles. The summed E-state index contributed by atoms with van der Waals surface area (Å²) in [6, 6.07) is 22.2. The smallest absolute Gasteiger partial charge is 0.297 e. The highest BCUT2D eigenvalue weighted by Gasteiger charge is 2.33. The van der Waals surface area contributed by atoms with E-state index in [9.17, 15) is 26.4 Å². The first-order chi connectivity index (χ1) is 21.0. The summed E-state index contributed by atoms with van der Waals surface area (Å²) in [4.78, 5) is 27.3. The standard InChI is InChI=1S/C32H30N2O8S2/c1-21-9-13-23(14-10-21)43(37,38)41-19-17-33-27-7-3-5-25-29(27)32(36)30-26(31(25)35)6-4-8-28(30)34-18-20-42-44(39,40)24-15-11-22(2)12-16-24/h3-16,33-34H,17-20H2,1-2H3. The SMILES string of the molecule is Cc1ccc(S(=O)(=O)OCCNc2cccc3c2C(=O)c2c(NCCOS(=O)(=O)c4ccc(C)cc4)cccc2C3=O)cc1. The number of hydrogen-bond acceptors (Lipinski definition) is 10. The first-order valence-electron chi connectivity index (χ1n) is 13.7. The summed E-state index contributed by atoms with van der Waals surface area (Å²) in [5.74, 6) is -0.763. The Labute approximate surface area is 256 Å². The van der Waals surface area contributed by atoms with E-state index in [1.807, 2.05) is 13.8 Å². The Morgan fingerprint density at radius 2 is 0.932 bits per heavy atom. The summed E-state index contributed by atoms with van der Waals surface area (Å²) in [6.45, 7) is 3.36. The minimum absolute atomic E-state index is 0.0377. The van der Waals surface area contributed by atoms with Gasteiger partial charge >= 0.3 is 0 Å². The Morgan fingerprint density at radius 1 is 0.545 bits per heavy atom. The molecule has 0 aromatic heterocycles. The number of carbonyl (C=O) groups excluding carboxylic acids is 2. The number of anilines is 2. The fourth-order valence-electron chi connectivity index (χ4n) is 4.76. The van der Waals surface area contributed by atoms with Crippen molar-refractivity contribution in [1.82, 2.24) is 0 Å². The maximum Gasteiger partial charge on any atom is 0.297 e. The zero-order valence-electron chi connectivity index (χ0n) is 24.0. The van der Waals surface area contributed by atoms with Crippen LogP contribution in [0.4, 0.5) is 11.4 Å². The third-order valence-corrected chi connectivity index (χ3v) is 9.66. The Balaban J connectivity index is 1.27. The van der Waals surface area contributed by atoms with E-state index in [0.717, 1.165) is 11.1 Å². The molecule has 0 spiro atoms. The molecular weight excluding hydrogens is 604 g/mol. The lowest BCUT2D eigenvalue weighted by molar-refractivity contribution is 0.0980. The maximum absolute atomic E-state index is 13.8. The van der Waals surface area contributed by atoms with E-state index < -0.39 is 26.0 Å². The van der Waals surface area contributed by atoms with Crippen molar-refractivity contribution >= 4 is 43.2 Å². The van der Waals surface area contributed by atoms with Gasteiger partial charge in [-0.25, -0.2) is 0 Å². The molecule has 0 saturated heterocycles. The van der Waals surface area contributed by atoms with Crippen molar-refractivity contribution in [3.05, 3.63) is 118 Å². The fraction of sp³-hybridized carbons (Fsp3) is 0.188. The minimum Gasteiger partial charge on any atom is -0.382 e. The molecule has 10 nitrogen and oxygen atoms in total. The van der Waals surface area contributed by atoms with Crippen LogP contribution >= 0.6 is 0 Å². The highest BCUT2D eigenvalue weighted by atomic mass is 32.2. The second-order valence-corrected chi connectivity index (χ2v) is 13.4. The van der Waals surface area contributed by atoms with Crippen molar-refractivity contribution in [2.45, 2.75) is 23.6 Å². The Hall–Kier alpha value is -4.36. The van der Waals surface area contributed by atoms with E-state index in [4.69, 9.17) is 8.37 Å². The molecule has 44 heavy (non-hydrogen) atoms. The molecule has 0 saturated carbocycles. The second-order valence-electron chi connectivity index (χ2n) is 10.1. The number of ketones is 2. The number of nitrogens with one attached hydrogen (secondary N) is 2. The third-order valence-electron chi connectivity index (χ3n) is 7.00. The van der Waals surface area contributed by atoms with E-state index in [2.05, 4.69) is 10.6 Å². The Morgan fingerprint density at radius 3 is 1.32 bits per heavy atom. The first-order valence-corrected chi connectivity index (χ1v) is 16.5. The average Bonchev–Trinajstić information content (AvgIpc) is 3.00. The van der Waals surface area contributed by atoms with Crippen LogP contribution < -0.4 is 10.6 Å². The van der Waals surface area contributed by atoms with Crippen molar-refractivity contribution < 1.29 is 34.8 Å². The monoisotopic (exact) mass is 634 g/mol. The highest BCUT2D eigenvalue weighted by Crippen LogP contribution is 2.35. The van der Waals surface area contributed by atoms with Gasteiger partial charge in [0.05, 0.1) is 34.1 Å².